The molecule has 0 saturated heterocycles. The molecule has 0 saturated carbocycles. The number of carbonyl (C=O) groups excluding carboxylic acids is 2. The summed E-state index contributed by atoms with van der Waals surface area (Å²) in [5, 5.41) is 11.3. The van der Waals surface area contributed by atoms with Crippen molar-refractivity contribution in [3.05, 3.63) is 91.6 Å². The van der Waals surface area contributed by atoms with Gasteiger partial charge in [-0.1, -0.05) is 41.9 Å². The van der Waals surface area contributed by atoms with Crippen molar-refractivity contribution < 1.29 is 19.2 Å². The highest BCUT2D eigenvalue weighted by Gasteiger charge is 2.37. The number of esters is 1. The van der Waals surface area contributed by atoms with Crippen molar-refractivity contribution in [1.82, 2.24) is 4.90 Å². The zero-order chi connectivity index (χ0) is 21.1. The van der Waals surface area contributed by atoms with Crippen LogP contribution in [0, 0.1) is 10.1 Å². The fourth-order valence-electron chi connectivity index (χ4n) is 3.10. The van der Waals surface area contributed by atoms with Crippen molar-refractivity contribution in [1.29, 1.82) is 0 Å². The van der Waals surface area contributed by atoms with Crippen LogP contribution in [-0.2, 0) is 20.9 Å². The van der Waals surface area contributed by atoms with Gasteiger partial charge in [0.1, 0.15) is 0 Å². The van der Waals surface area contributed by atoms with E-state index in [0.717, 1.165) is 5.56 Å². The van der Waals surface area contributed by atoms with Gasteiger partial charge in [-0.3, -0.25) is 14.9 Å². The molecule has 0 aliphatic carbocycles. The molecule has 0 aromatic heterocycles. The Morgan fingerprint density at radius 2 is 1.93 bits per heavy atom. The molecule has 7 nitrogen and oxygen atoms in total. The van der Waals surface area contributed by atoms with Crippen LogP contribution in [0.2, 0.25) is 5.02 Å². The average molecular weight is 413 g/mol. The highest BCUT2D eigenvalue weighted by molar-refractivity contribution is 6.32. The minimum atomic E-state index is -0.667. The smallest absolute Gasteiger partial charge is 0.340 e. The topological polar surface area (TPSA) is 89.8 Å². The van der Waals surface area contributed by atoms with E-state index >= 15 is 0 Å². The molecule has 2 aromatic carbocycles. The van der Waals surface area contributed by atoms with Gasteiger partial charge in [0.05, 0.1) is 29.7 Å². The minimum absolute atomic E-state index is 0.0766. The second-order valence-corrected chi connectivity index (χ2v) is 6.76. The summed E-state index contributed by atoms with van der Waals surface area (Å²) in [5.74, 6) is -1.08. The Bertz CT molecular complexity index is 1060. The Hall–Kier alpha value is -3.45. The van der Waals surface area contributed by atoms with Gasteiger partial charge in [-0.05, 0) is 24.6 Å². The summed E-state index contributed by atoms with van der Waals surface area (Å²) in [6.07, 6.45) is 1.39. The summed E-state index contributed by atoms with van der Waals surface area (Å²) >= 11 is 6.17. The highest BCUT2D eigenvalue weighted by Crippen LogP contribution is 2.34. The van der Waals surface area contributed by atoms with E-state index < -0.39 is 16.8 Å². The van der Waals surface area contributed by atoms with Gasteiger partial charge in [0.15, 0.2) is 0 Å². The first-order valence-corrected chi connectivity index (χ1v) is 9.02. The van der Waals surface area contributed by atoms with Gasteiger partial charge in [0.25, 0.3) is 11.6 Å². The lowest BCUT2D eigenvalue weighted by Gasteiger charge is -2.17. The van der Waals surface area contributed by atoms with Gasteiger partial charge in [0, 0.05) is 28.4 Å². The lowest BCUT2D eigenvalue weighted by Crippen LogP contribution is -2.24. The van der Waals surface area contributed by atoms with Crippen LogP contribution in [0.4, 0.5) is 5.69 Å². The molecule has 1 amide bonds. The summed E-state index contributed by atoms with van der Waals surface area (Å²) in [6, 6.07) is 13.2. The number of carbonyl (C=O) groups is 2. The SMILES string of the molecule is COC(=O)C1=C(C)N(Cc2ccccc2)C(=O)/C1=C\c1cc([N+](=O)[O-])ccc1Cl. The van der Waals surface area contributed by atoms with Gasteiger partial charge in [-0.2, -0.15) is 0 Å². The number of nitro groups is 1. The molecule has 1 aliphatic heterocycles. The molecule has 0 atom stereocenters. The highest BCUT2D eigenvalue weighted by atomic mass is 35.5. The van der Waals surface area contributed by atoms with Crippen LogP contribution in [0.3, 0.4) is 0 Å². The van der Waals surface area contributed by atoms with E-state index in [1.54, 1.807) is 6.92 Å². The van der Waals surface area contributed by atoms with Crippen molar-refractivity contribution in [3.8, 4) is 0 Å². The molecular weight excluding hydrogens is 396 g/mol. The van der Waals surface area contributed by atoms with Crippen LogP contribution in [0.15, 0.2) is 65.4 Å². The van der Waals surface area contributed by atoms with E-state index in [-0.39, 0.29) is 34.0 Å². The Labute approximate surface area is 172 Å². The Morgan fingerprint density at radius 1 is 1.24 bits per heavy atom. The van der Waals surface area contributed by atoms with Gasteiger partial charge in [-0.25, -0.2) is 4.79 Å². The number of ether oxygens (including phenoxy) is 1. The molecule has 1 heterocycles. The number of methoxy groups -OCH3 is 1. The largest absolute Gasteiger partial charge is 0.465 e. The lowest BCUT2D eigenvalue weighted by molar-refractivity contribution is -0.384. The van der Waals surface area contributed by atoms with Crippen LogP contribution in [-0.4, -0.2) is 28.8 Å². The first-order valence-electron chi connectivity index (χ1n) is 8.64. The molecule has 29 heavy (non-hydrogen) atoms. The fourth-order valence-corrected chi connectivity index (χ4v) is 3.27. The summed E-state index contributed by atoms with van der Waals surface area (Å²) in [5.41, 5.74) is 1.61. The van der Waals surface area contributed by atoms with Crippen LogP contribution in [0.5, 0.6) is 0 Å². The van der Waals surface area contributed by atoms with Crippen LogP contribution in [0.1, 0.15) is 18.1 Å². The van der Waals surface area contributed by atoms with Crippen LogP contribution in [0.25, 0.3) is 6.08 Å². The number of benzene rings is 2. The maximum atomic E-state index is 13.1. The molecule has 1 aliphatic rings. The molecule has 0 spiro atoms. The van der Waals surface area contributed by atoms with Crippen molar-refractivity contribution in [2.24, 2.45) is 0 Å². The molecule has 0 radical (unpaired) electrons. The summed E-state index contributed by atoms with van der Waals surface area (Å²) in [4.78, 5) is 37.5. The minimum Gasteiger partial charge on any atom is -0.465 e. The monoisotopic (exact) mass is 412 g/mol. The van der Waals surface area contributed by atoms with E-state index in [4.69, 9.17) is 16.3 Å². The zero-order valence-corrected chi connectivity index (χ0v) is 16.5. The molecular formula is C21H17ClN2O5. The molecule has 2 aromatic rings. The number of halogens is 1. The lowest BCUT2D eigenvalue weighted by atomic mass is 10.0. The van der Waals surface area contributed by atoms with Crippen molar-refractivity contribution >= 4 is 35.2 Å². The van der Waals surface area contributed by atoms with E-state index in [1.807, 2.05) is 30.3 Å². The number of amides is 1. The van der Waals surface area contributed by atoms with E-state index in [1.165, 1.54) is 36.3 Å². The number of non-ortho nitro benzene ring substituents is 1. The maximum Gasteiger partial charge on any atom is 0.340 e. The third-order valence-corrected chi connectivity index (χ3v) is 4.92. The van der Waals surface area contributed by atoms with Gasteiger partial charge < -0.3 is 9.64 Å². The molecule has 0 bridgehead atoms. The first-order chi connectivity index (χ1) is 13.8. The van der Waals surface area contributed by atoms with Gasteiger partial charge >= 0.3 is 5.97 Å². The number of hydrogen-bond donors (Lipinski definition) is 0. The van der Waals surface area contributed by atoms with Crippen LogP contribution >= 0.6 is 11.6 Å². The number of nitro benzene ring substituents is 1. The summed E-state index contributed by atoms with van der Waals surface area (Å²) < 4.78 is 4.85. The maximum absolute atomic E-state index is 13.1. The fraction of sp³-hybridized carbons (Fsp3) is 0.143. The second-order valence-electron chi connectivity index (χ2n) is 6.35. The molecule has 148 valence electrons. The molecule has 3 rings (SSSR count). The molecule has 0 N–H and O–H groups in total. The molecule has 0 fully saturated rings. The van der Waals surface area contributed by atoms with Crippen molar-refractivity contribution in [2.45, 2.75) is 13.5 Å². The molecule has 0 unspecified atom stereocenters. The number of nitrogens with zero attached hydrogens (tertiary/aromatic N) is 2. The first kappa shape index (κ1) is 20.3. The average Bonchev–Trinajstić information content (AvgIpc) is 2.94. The Morgan fingerprint density at radius 3 is 2.55 bits per heavy atom. The predicted octanol–water partition coefficient (Wildman–Crippen LogP) is 4.12. The third kappa shape index (κ3) is 4.05. The van der Waals surface area contributed by atoms with Crippen molar-refractivity contribution in [2.75, 3.05) is 7.11 Å². The van der Waals surface area contributed by atoms with E-state index in [2.05, 4.69) is 0 Å². The van der Waals surface area contributed by atoms with Gasteiger partial charge in [-0.15, -0.1) is 0 Å². The number of allylic oxidation sites excluding steroid dienone is 1. The Kier molecular flexibility index (Phi) is 5.79. The Balaban J connectivity index is 2.09. The normalized spacial score (nSPS) is 15.2. The van der Waals surface area contributed by atoms with Crippen molar-refractivity contribution in [3.63, 3.8) is 0 Å². The zero-order valence-electron chi connectivity index (χ0n) is 15.7. The summed E-state index contributed by atoms with van der Waals surface area (Å²) in [7, 11) is 1.23. The van der Waals surface area contributed by atoms with Crippen LogP contribution < -0.4 is 0 Å². The standard InChI is InChI=1S/C21H17ClN2O5/c1-13-19(21(26)29-2)17(11-15-10-16(24(27)28)8-9-18(15)22)20(25)23(13)12-14-6-4-3-5-7-14/h3-11H,12H2,1-2H3/b17-11-. The number of rotatable bonds is 5. The van der Waals surface area contributed by atoms with E-state index in [0.29, 0.717) is 5.70 Å². The number of hydrogen-bond acceptors (Lipinski definition) is 5. The summed E-state index contributed by atoms with van der Waals surface area (Å²) in [6.45, 7) is 1.93. The predicted molar refractivity (Wildman–Crippen MR) is 108 cm³/mol. The molecule has 8 heteroatoms. The third-order valence-electron chi connectivity index (χ3n) is 4.57. The second kappa shape index (κ2) is 8.28. The van der Waals surface area contributed by atoms with Gasteiger partial charge in [0.2, 0.25) is 0 Å². The quantitative estimate of drug-likeness (QED) is 0.319. The van der Waals surface area contributed by atoms with E-state index in [9.17, 15) is 19.7 Å².